The van der Waals surface area contributed by atoms with E-state index in [0.29, 0.717) is 5.01 Å². The topological polar surface area (TPSA) is 43.1 Å². The summed E-state index contributed by atoms with van der Waals surface area (Å²) in [4.78, 5) is 0.124. The highest BCUT2D eigenvalue weighted by atomic mass is 32.1. The van der Waals surface area contributed by atoms with Crippen molar-refractivity contribution in [3.05, 3.63) is 82.6 Å². The fraction of sp³-hybridized carbons (Fsp3) is 0.118. The van der Waals surface area contributed by atoms with Crippen molar-refractivity contribution in [3.63, 3.8) is 0 Å². The Morgan fingerprint density at radius 2 is 1.40 bits per heavy atom. The molecule has 0 fully saturated rings. The molecule has 4 rings (SSSR count). The average molecular weight is 360 g/mol. The molecule has 25 heavy (non-hydrogen) atoms. The zero-order valence-electron chi connectivity index (χ0n) is 12.7. The first-order chi connectivity index (χ1) is 12.0. The molecule has 4 aromatic rings. The molecule has 0 bridgehead atoms. The van der Waals surface area contributed by atoms with Crippen LogP contribution in [0.2, 0.25) is 0 Å². The predicted molar refractivity (Wildman–Crippen MR) is 87.5 cm³/mol. The third-order valence-electron chi connectivity index (χ3n) is 3.77. The molecule has 0 aliphatic rings. The summed E-state index contributed by atoms with van der Waals surface area (Å²) in [5.74, 6) is -1.37. The summed E-state index contributed by atoms with van der Waals surface area (Å²) in [6.07, 6.45) is -4.60. The van der Waals surface area contributed by atoms with Gasteiger partial charge in [0.1, 0.15) is 5.01 Å². The Kier molecular flexibility index (Phi) is 3.76. The molecule has 0 radical (unpaired) electrons. The Labute approximate surface area is 144 Å². The quantitative estimate of drug-likeness (QED) is 0.544. The van der Waals surface area contributed by atoms with Gasteiger partial charge in [0, 0.05) is 0 Å². The second-order valence-electron chi connectivity index (χ2n) is 5.41. The number of nitrogens with zero attached hydrogens (tertiary/aromatic N) is 4. The van der Waals surface area contributed by atoms with Gasteiger partial charge in [-0.25, -0.2) is 0 Å². The molecule has 126 valence electrons. The molecule has 0 amide bonds. The van der Waals surface area contributed by atoms with Gasteiger partial charge in [-0.05, 0) is 11.1 Å². The predicted octanol–water partition coefficient (Wildman–Crippen LogP) is 4.38. The largest absolute Gasteiger partial charge is 0.453 e. The number of hydrogen-bond acceptors (Lipinski definition) is 4. The summed E-state index contributed by atoms with van der Waals surface area (Å²) < 4.78 is 39.9. The second kappa shape index (κ2) is 5.96. The van der Waals surface area contributed by atoms with Gasteiger partial charge < -0.3 is 0 Å². The molecule has 4 nitrogen and oxygen atoms in total. The first-order valence-electron chi connectivity index (χ1n) is 7.43. The van der Waals surface area contributed by atoms with Crippen molar-refractivity contribution in [2.75, 3.05) is 0 Å². The van der Waals surface area contributed by atoms with Crippen LogP contribution in [0.3, 0.4) is 0 Å². The average Bonchev–Trinajstić information content (AvgIpc) is 3.17. The lowest BCUT2D eigenvalue weighted by atomic mass is 9.92. The number of benzene rings is 2. The van der Waals surface area contributed by atoms with Crippen molar-refractivity contribution in [2.45, 2.75) is 12.1 Å². The molecule has 0 spiro atoms. The smallest absolute Gasteiger partial charge is 0.178 e. The third kappa shape index (κ3) is 2.89. The normalized spacial score (nSPS) is 12.2. The minimum atomic E-state index is -4.60. The van der Waals surface area contributed by atoms with Gasteiger partial charge in [-0.3, -0.25) is 0 Å². The van der Waals surface area contributed by atoms with Crippen molar-refractivity contribution >= 4 is 16.3 Å². The molecule has 2 aromatic carbocycles. The Morgan fingerprint density at radius 3 is 1.92 bits per heavy atom. The Balaban J connectivity index is 1.88. The summed E-state index contributed by atoms with van der Waals surface area (Å²) in [5.41, 5.74) is 1.90. The van der Waals surface area contributed by atoms with Gasteiger partial charge in [-0.1, -0.05) is 72.0 Å². The molecular formula is C17H11F3N4S. The number of alkyl halides is 3. The van der Waals surface area contributed by atoms with E-state index < -0.39 is 12.0 Å². The van der Waals surface area contributed by atoms with Crippen LogP contribution in [0.5, 0.6) is 0 Å². The number of hydrogen-bond donors (Lipinski definition) is 0. The van der Waals surface area contributed by atoms with Gasteiger partial charge in [0.25, 0.3) is 5.82 Å². The number of fused-ring (bicyclic) bond motifs is 1. The van der Waals surface area contributed by atoms with Crippen LogP contribution >= 0.6 is 11.3 Å². The molecule has 0 aliphatic heterocycles. The van der Waals surface area contributed by atoms with Gasteiger partial charge in [0.05, 0.1) is 5.92 Å². The first kappa shape index (κ1) is 15.8. The standard InChI is InChI=1S/C17H11F3N4S/c18-17(19,20)15-21-22-16-24(15)23-14(25-16)13(11-7-3-1-4-8-11)12-9-5-2-6-10-12/h1-10,13H. The van der Waals surface area contributed by atoms with Crippen LogP contribution in [0.25, 0.3) is 4.96 Å². The maximum absolute atomic E-state index is 13.0. The lowest BCUT2D eigenvalue weighted by Gasteiger charge is -2.15. The lowest BCUT2D eigenvalue weighted by Crippen LogP contribution is -2.12. The van der Waals surface area contributed by atoms with Gasteiger partial charge >= 0.3 is 6.18 Å². The second-order valence-corrected chi connectivity index (χ2v) is 6.40. The van der Waals surface area contributed by atoms with E-state index in [1.54, 1.807) is 0 Å². The van der Waals surface area contributed by atoms with Crippen molar-refractivity contribution in [3.8, 4) is 0 Å². The summed E-state index contributed by atoms with van der Waals surface area (Å²) in [5, 5.41) is 11.6. The molecule has 0 saturated heterocycles. The van der Waals surface area contributed by atoms with Gasteiger partial charge in [0.2, 0.25) is 4.96 Å². The molecule has 2 aromatic heterocycles. The molecule has 0 aliphatic carbocycles. The maximum atomic E-state index is 13.0. The number of halogens is 3. The SMILES string of the molecule is FC(F)(F)c1nnc2sc(C(c3ccccc3)c3ccccc3)nn12. The molecular weight excluding hydrogens is 349 g/mol. The highest BCUT2D eigenvalue weighted by Gasteiger charge is 2.38. The monoisotopic (exact) mass is 360 g/mol. The molecule has 2 heterocycles. The minimum absolute atomic E-state index is 0.124. The van der Waals surface area contributed by atoms with E-state index in [1.807, 2.05) is 60.7 Å². The van der Waals surface area contributed by atoms with Crippen LogP contribution in [0.4, 0.5) is 13.2 Å². The van der Waals surface area contributed by atoms with Crippen LogP contribution in [0.1, 0.15) is 27.9 Å². The summed E-state index contributed by atoms with van der Waals surface area (Å²) in [6.45, 7) is 0. The number of aromatic nitrogens is 4. The Morgan fingerprint density at radius 1 is 0.840 bits per heavy atom. The molecule has 8 heteroatoms. The van der Waals surface area contributed by atoms with E-state index in [-0.39, 0.29) is 10.9 Å². The summed E-state index contributed by atoms with van der Waals surface area (Å²) >= 11 is 1.11. The van der Waals surface area contributed by atoms with E-state index in [2.05, 4.69) is 15.3 Å². The van der Waals surface area contributed by atoms with Gasteiger partial charge in [-0.2, -0.15) is 22.8 Å². The summed E-state index contributed by atoms with van der Waals surface area (Å²) in [7, 11) is 0. The zero-order valence-corrected chi connectivity index (χ0v) is 13.5. The van der Waals surface area contributed by atoms with Crippen molar-refractivity contribution < 1.29 is 13.2 Å². The Bertz CT molecular complexity index is 954. The van der Waals surface area contributed by atoms with Crippen LogP contribution in [-0.4, -0.2) is 19.8 Å². The zero-order chi connectivity index (χ0) is 17.4. The molecule has 0 saturated carbocycles. The van der Waals surface area contributed by atoms with E-state index in [9.17, 15) is 13.2 Å². The van der Waals surface area contributed by atoms with Crippen molar-refractivity contribution in [2.24, 2.45) is 0 Å². The molecule has 0 atom stereocenters. The highest BCUT2D eigenvalue weighted by Crippen LogP contribution is 2.36. The minimum Gasteiger partial charge on any atom is -0.178 e. The fourth-order valence-corrected chi connectivity index (χ4v) is 3.69. The Hall–Kier alpha value is -2.74. The highest BCUT2D eigenvalue weighted by molar-refractivity contribution is 7.16. The lowest BCUT2D eigenvalue weighted by molar-refractivity contribution is -0.146. The maximum Gasteiger partial charge on any atom is 0.453 e. The van der Waals surface area contributed by atoms with Crippen LogP contribution in [-0.2, 0) is 6.18 Å². The fourth-order valence-electron chi connectivity index (χ4n) is 2.69. The van der Waals surface area contributed by atoms with E-state index >= 15 is 0 Å². The van der Waals surface area contributed by atoms with Crippen molar-refractivity contribution in [1.29, 1.82) is 0 Å². The van der Waals surface area contributed by atoms with Gasteiger partial charge in [0.15, 0.2) is 0 Å². The van der Waals surface area contributed by atoms with Crippen LogP contribution in [0, 0.1) is 0 Å². The van der Waals surface area contributed by atoms with Crippen LogP contribution in [0.15, 0.2) is 60.7 Å². The molecule has 0 N–H and O–H groups in total. The van der Waals surface area contributed by atoms with E-state index in [1.165, 1.54) is 0 Å². The molecule has 0 unspecified atom stereocenters. The van der Waals surface area contributed by atoms with Crippen molar-refractivity contribution in [1.82, 2.24) is 19.8 Å². The number of rotatable bonds is 3. The third-order valence-corrected chi connectivity index (χ3v) is 4.74. The van der Waals surface area contributed by atoms with E-state index in [4.69, 9.17) is 0 Å². The van der Waals surface area contributed by atoms with Gasteiger partial charge in [-0.15, -0.1) is 10.2 Å². The van der Waals surface area contributed by atoms with Crippen LogP contribution < -0.4 is 0 Å². The summed E-state index contributed by atoms with van der Waals surface area (Å²) in [6, 6.07) is 19.1. The first-order valence-corrected chi connectivity index (χ1v) is 8.25. The van der Waals surface area contributed by atoms with E-state index in [0.717, 1.165) is 27.0 Å².